The quantitative estimate of drug-likeness (QED) is 0.381. The van der Waals surface area contributed by atoms with Crippen LogP contribution in [-0.2, 0) is 36.1 Å². The van der Waals surface area contributed by atoms with Crippen LogP contribution in [-0.4, -0.2) is 4.57 Å². The van der Waals surface area contributed by atoms with E-state index in [9.17, 15) is 0 Å². The molecule has 0 bridgehead atoms. The fourth-order valence-electron chi connectivity index (χ4n) is 5.58. The molecule has 6 rings (SSSR count). The normalized spacial score (nSPS) is 20.3. The van der Waals surface area contributed by atoms with E-state index in [1.165, 1.54) is 54.1 Å². The molecule has 0 saturated heterocycles. The molecule has 2 aromatic carbocycles. The molecule has 1 unspecified atom stereocenters. The fourth-order valence-corrected chi connectivity index (χ4v) is 9.91. The van der Waals surface area contributed by atoms with Gasteiger partial charge in [-0.2, -0.15) is 0 Å². The molecule has 148 valence electrons. The molecule has 3 aliphatic rings. The second-order valence-electron chi connectivity index (χ2n) is 8.96. The Morgan fingerprint density at radius 3 is 2.60 bits per heavy atom. The van der Waals surface area contributed by atoms with Crippen molar-refractivity contribution in [1.82, 2.24) is 4.57 Å². The van der Waals surface area contributed by atoms with Crippen LogP contribution in [0.3, 0.4) is 0 Å². The van der Waals surface area contributed by atoms with E-state index in [0.29, 0.717) is 3.63 Å². The van der Waals surface area contributed by atoms with Crippen LogP contribution in [0.15, 0.2) is 69.0 Å². The second kappa shape index (κ2) is 7.35. The van der Waals surface area contributed by atoms with Crippen LogP contribution in [0.1, 0.15) is 59.1 Å². The van der Waals surface area contributed by atoms with Gasteiger partial charge in [0.2, 0.25) is 0 Å². The summed E-state index contributed by atoms with van der Waals surface area (Å²) in [6.07, 6.45) is 11.3. The molecule has 2 heteroatoms. The summed E-state index contributed by atoms with van der Waals surface area (Å²) in [5, 5.41) is 1.49. The maximum atomic E-state index is 2.69. The van der Waals surface area contributed by atoms with Crippen LogP contribution < -0.4 is 0 Å². The number of para-hydroxylation sites is 1. The van der Waals surface area contributed by atoms with Crippen molar-refractivity contribution in [2.24, 2.45) is 0 Å². The summed E-state index contributed by atoms with van der Waals surface area (Å²) in [7, 11) is 0. The van der Waals surface area contributed by atoms with Crippen molar-refractivity contribution in [2.45, 2.75) is 49.6 Å². The molecular weight excluding hydrogens is 442 g/mol. The van der Waals surface area contributed by atoms with Crippen molar-refractivity contribution < 1.29 is 23.2 Å². The molecule has 3 aliphatic carbocycles. The predicted molar refractivity (Wildman–Crippen MR) is 123 cm³/mol. The van der Waals surface area contributed by atoms with Gasteiger partial charge in [-0.05, 0) is 0 Å². The van der Waals surface area contributed by atoms with E-state index in [4.69, 9.17) is 0 Å². The molecule has 1 nitrogen and oxygen atoms in total. The first-order chi connectivity index (χ1) is 14.7. The van der Waals surface area contributed by atoms with Gasteiger partial charge in [-0.3, -0.25) is 0 Å². The molecule has 0 spiro atoms. The number of hydrogen-bond acceptors (Lipinski definition) is 0. The third-order valence-corrected chi connectivity index (χ3v) is 11.8. The summed E-state index contributed by atoms with van der Waals surface area (Å²) in [5.74, 6) is 0. The van der Waals surface area contributed by atoms with Gasteiger partial charge in [-0.1, -0.05) is 0 Å². The molecule has 0 aliphatic heterocycles. The molecular formula is C28H27NZr. The Hall–Kier alpha value is -1.92. The van der Waals surface area contributed by atoms with Gasteiger partial charge in [0.15, 0.2) is 0 Å². The molecule has 0 saturated carbocycles. The zero-order valence-electron chi connectivity index (χ0n) is 17.8. The molecule has 0 fully saturated rings. The Balaban J connectivity index is 1.54. The Morgan fingerprint density at radius 2 is 1.73 bits per heavy atom. The third-order valence-electron chi connectivity index (χ3n) is 7.32. The van der Waals surface area contributed by atoms with Crippen LogP contribution in [0.5, 0.6) is 0 Å². The molecule has 1 aromatic heterocycles. The molecule has 0 radical (unpaired) electrons. The average Bonchev–Trinajstić information content (AvgIpc) is 3.41. The van der Waals surface area contributed by atoms with Crippen molar-refractivity contribution >= 4 is 22.7 Å². The summed E-state index contributed by atoms with van der Waals surface area (Å²) >= 11 is -0.798. The summed E-state index contributed by atoms with van der Waals surface area (Å²) in [4.78, 5) is 0. The Bertz CT molecular complexity index is 1270. The van der Waals surface area contributed by atoms with Crippen molar-refractivity contribution in [3.63, 3.8) is 0 Å². The number of fused-ring (bicyclic) bond motifs is 4. The fraction of sp³-hybridized carbons (Fsp3) is 0.286. The third kappa shape index (κ3) is 2.83. The van der Waals surface area contributed by atoms with E-state index < -0.39 is 23.2 Å². The monoisotopic (exact) mass is 467 g/mol. The average molecular weight is 469 g/mol. The van der Waals surface area contributed by atoms with Gasteiger partial charge in [0.25, 0.3) is 0 Å². The first-order valence-corrected chi connectivity index (χ1v) is 13.9. The molecule has 0 N–H and O–H groups in total. The van der Waals surface area contributed by atoms with E-state index in [2.05, 4.69) is 79.1 Å². The summed E-state index contributed by atoms with van der Waals surface area (Å²) in [6, 6.07) is 18.3. The van der Waals surface area contributed by atoms with Crippen LogP contribution in [0.2, 0.25) is 0 Å². The van der Waals surface area contributed by atoms with Crippen molar-refractivity contribution in [1.29, 1.82) is 0 Å². The minimum atomic E-state index is -0.798. The topological polar surface area (TPSA) is 4.93 Å². The molecule has 3 aromatic rings. The van der Waals surface area contributed by atoms with Crippen molar-refractivity contribution in [3.8, 4) is 0 Å². The maximum absolute atomic E-state index is 2.69. The van der Waals surface area contributed by atoms with E-state index >= 15 is 0 Å². The number of rotatable bonds is 3. The van der Waals surface area contributed by atoms with Gasteiger partial charge in [0.1, 0.15) is 0 Å². The minimum absolute atomic E-state index is 0.607. The standard InChI is InChI=1S/C21H18N.C7H9.Zr/c1-2-8-16-14-17(13-15(16)7-1)22-20-11-5-3-9-18(20)19-10-4-6-12-21(19)22;1-6-4-3-5-7(6)2;/h1-3,5,7-9,11,13-14H,4,6,10,12H2;4H,3H2,1-2H3;. The first-order valence-electron chi connectivity index (χ1n) is 11.3. The Kier molecular flexibility index (Phi) is 4.61. The van der Waals surface area contributed by atoms with Gasteiger partial charge >= 0.3 is 191 Å². The summed E-state index contributed by atoms with van der Waals surface area (Å²) in [6.45, 7) is 4.64. The zero-order valence-corrected chi connectivity index (χ0v) is 20.3. The van der Waals surface area contributed by atoms with Crippen LogP contribution in [0.25, 0.3) is 22.7 Å². The number of allylic oxidation sites excluding steroid dienone is 5. The van der Waals surface area contributed by atoms with Gasteiger partial charge in [0, 0.05) is 0 Å². The van der Waals surface area contributed by atoms with Gasteiger partial charge in [0.05, 0.1) is 0 Å². The SMILES string of the molecule is CC1=CC[C]([Zr][CH]2C(n3c4c(c5ccccc53)CCCC4)=Cc3ccccc32)=C1C. The van der Waals surface area contributed by atoms with Gasteiger partial charge in [-0.15, -0.1) is 0 Å². The summed E-state index contributed by atoms with van der Waals surface area (Å²) in [5.41, 5.74) is 12.3. The number of aromatic nitrogens is 1. The number of aryl methyl sites for hydroxylation is 1. The van der Waals surface area contributed by atoms with Crippen LogP contribution in [0.4, 0.5) is 0 Å². The predicted octanol–water partition coefficient (Wildman–Crippen LogP) is 7.28. The zero-order chi connectivity index (χ0) is 20.2. The summed E-state index contributed by atoms with van der Waals surface area (Å²) < 4.78 is 5.09. The van der Waals surface area contributed by atoms with Crippen LogP contribution >= 0.6 is 0 Å². The molecule has 1 atom stereocenters. The van der Waals surface area contributed by atoms with Crippen molar-refractivity contribution in [2.75, 3.05) is 0 Å². The molecule has 1 heterocycles. The Morgan fingerprint density at radius 1 is 0.933 bits per heavy atom. The van der Waals surface area contributed by atoms with Gasteiger partial charge < -0.3 is 0 Å². The van der Waals surface area contributed by atoms with E-state index in [1.807, 2.05) is 0 Å². The first kappa shape index (κ1) is 18.8. The van der Waals surface area contributed by atoms with E-state index in [0.717, 1.165) is 0 Å². The molecule has 30 heavy (non-hydrogen) atoms. The van der Waals surface area contributed by atoms with Crippen molar-refractivity contribution in [3.05, 3.63) is 91.4 Å². The number of nitrogens with zero attached hydrogens (tertiary/aromatic N) is 1. The van der Waals surface area contributed by atoms with Gasteiger partial charge in [-0.25, -0.2) is 0 Å². The molecule has 0 amide bonds. The number of hydrogen-bond donors (Lipinski definition) is 0. The van der Waals surface area contributed by atoms with Crippen LogP contribution in [0, 0.1) is 0 Å². The van der Waals surface area contributed by atoms with E-state index in [-0.39, 0.29) is 0 Å². The van der Waals surface area contributed by atoms with E-state index in [1.54, 1.807) is 31.4 Å². The second-order valence-corrected chi connectivity index (χ2v) is 12.6. The number of benzene rings is 2. The Labute approximate surface area is 190 Å².